The van der Waals surface area contributed by atoms with Crippen LogP contribution in [-0.2, 0) is 28.6 Å². The minimum atomic E-state index is -0.828. The summed E-state index contributed by atoms with van der Waals surface area (Å²) in [4.78, 5) is 37.9. The lowest BCUT2D eigenvalue weighted by molar-refractivity contribution is -0.167. The number of hydrogen-bond acceptors (Lipinski definition) is 6. The molecule has 0 N–H and O–H groups in total. The first kappa shape index (κ1) is 58.8. The third-order valence-corrected chi connectivity index (χ3v) is 10.1. The number of ether oxygens (including phenoxy) is 3. The van der Waals surface area contributed by atoms with Crippen LogP contribution < -0.4 is 0 Å². The molecule has 0 aromatic carbocycles. The molecule has 0 aliphatic rings. The van der Waals surface area contributed by atoms with Crippen molar-refractivity contribution in [3.05, 3.63) is 122 Å². The van der Waals surface area contributed by atoms with Gasteiger partial charge in [0.05, 0.1) is 0 Å². The Labute approximate surface area is 386 Å². The van der Waals surface area contributed by atoms with Gasteiger partial charge in [-0.05, 0) is 89.9 Å². The molecule has 354 valence electrons. The van der Waals surface area contributed by atoms with E-state index in [0.717, 1.165) is 103 Å². The van der Waals surface area contributed by atoms with Crippen LogP contribution in [0, 0.1) is 0 Å². The number of unbranched alkanes of at least 4 members (excludes halogenated alkanes) is 17. The maximum Gasteiger partial charge on any atom is 0.306 e. The largest absolute Gasteiger partial charge is 0.462 e. The number of carbonyl (C=O) groups excluding carboxylic acids is 3. The van der Waals surface area contributed by atoms with Gasteiger partial charge in [0.15, 0.2) is 6.10 Å². The van der Waals surface area contributed by atoms with Crippen molar-refractivity contribution in [3.8, 4) is 0 Å². The summed E-state index contributed by atoms with van der Waals surface area (Å²) in [6.07, 6.45) is 69.1. The van der Waals surface area contributed by atoms with Crippen molar-refractivity contribution in [2.24, 2.45) is 0 Å². The second-order valence-electron chi connectivity index (χ2n) is 16.1. The molecule has 6 nitrogen and oxygen atoms in total. The van der Waals surface area contributed by atoms with E-state index in [9.17, 15) is 14.4 Å². The summed E-state index contributed by atoms with van der Waals surface area (Å²) >= 11 is 0. The number of esters is 3. The molecule has 0 radical (unpaired) electrons. The molecular formula is C57H90O6. The molecule has 0 aliphatic carbocycles. The van der Waals surface area contributed by atoms with Crippen molar-refractivity contribution in [1.82, 2.24) is 0 Å². The highest BCUT2D eigenvalue weighted by Gasteiger charge is 2.19. The van der Waals surface area contributed by atoms with Gasteiger partial charge in [0.1, 0.15) is 13.2 Å². The average molecular weight is 871 g/mol. The molecule has 0 heterocycles. The van der Waals surface area contributed by atoms with E-state index in [0.29, 0.717) is 12.8 Å². The standard InChI is InChI=1S/C57H90O6/c1-4-7-10-13-16-19-22-25-27-28-29-30-33-35-38-41-44-47-50-56(59)62-53-54(52-61-55(58)49-46-43-40-37-34-31-24-21-18-15-12-9-6-3)63-57(60)51-48-45-42-39-36-32-26-23-20-17-14-11-8-5-2/h8-9,11-12,15,17-18,20-21,24,26-32,34,37,40,54H,4-7,10,13-14,16,19,22-23,25,33,35-36,38-39,41-53H2,1-3H3/b11-8-,12-9-,18-15-,20-17-,24-21-,28-27-,30-29-,32-26-,34-31-,40-37-. The highest BCUT2D eigenvalue weighted by molar-refractivity contribution is 5.71. The molecule has 0 amide bonds. The fraction of sp³-hybridized carbons (Fsp3) is 0.596. The van der Waals surface area contributed by atoms with Gasteiger partial charge in [0.2, 0.25) is 0 Å². The minimum Gasteiger partial charge on any atom is -0.462 e. The first-order valence-corrected chi connectivity index (χ1v) is 25.1. The molecule has 1 atom stereocenters. The van der Waals surface area contributed by atoms with E-state index in [1.807, 2.05) is 54.7 Å². The van der Waals surface area contributed by atoms with Gasteiger partial charge in [-0.2, -0.15) is 0 Å². The summed E-state index contributed by atoms with van der Waals surface area (Å²) in [6, 6.07) is 0. The summed E-state index contributed by atoms with van der Waals surface area (Å²) in [6.45, 7) is 6.26. The predicted octanol–water partition coefficient (Wildman–Crippen LogP) is 16.5. The Morgan fingerprint density at radius 1 is 0.349 bits per heavy atom. The van der Waals surface area contributed by atoms with Gasteiger partial charge in [-0.25, -0.2) is 0 Å². The molecule has 6 heteroatoms. The van der Waals surface area contributed by atoms with Crippen LogP contribution in [0.5, 0.6) is 0 Å². The molecule has 0 saturated heterocycles. The third-order valence-electron chi connectivity index (χ3n) is 10.1. The molecule has 0 spiro atoms. The number of carbonyl (C=O) groups is 3. The number of rotatable bonds is 43. The Bertz CT molecular complexity index is 1370. The van der Waals surface area contributed by atoms with Crippen LogP contribution in [-0.4, -0.2) is 37.2 Å². The molecule has 0 rings (SSSR count). The highest BCUT2D eigenvalue weighted by atomic mass is 16.6. The lowest BCUT2D eigenvalue weighted by Crippen LogP contribution is -2.30. The third kappa shape index (κ3) is 48.7. The molecule has 1 unspecified atom stereocenters. The zero-order valence-electron chi connectivity index (χ0n) is 40.3. The lowest BCUT2D eigenvalue weighted by atomic mass is 10.1. The van der Waals surface area contributed by atoms with E-state index in [1.165, 1.54) is 51.4 Å². The van der Waals surface area contributed by atoms with Gasteiger partial charge < -0.3 is 14.2 Å². The second kappa shape index (κ2) is 50.5. The predicted molar refractivity (Wildman–Crippen MR) is 269 cm³/mol. The molecule has 63 heavy (non-hydrogen) atoms. The summed E-state index contributed by atoms with van der Waals surface area (Å²) < 4.78 is 16.7. The number of allylic oxidation sites excluding steroid dienone is 20. The first-order chi connectivity index (χ1) is 31.0. The van der Waals surface area contributed by atoms with Crippen molar-refractivity contribution in [2.75, 3.05) is 13.2 Å². The van der Waals surface area contributed by atoms with Crippen LogP contribution >= 0.6 is 0 Å². The maximum atomic E-state index is 12.8. The Balaban J connectivity index is 4.54. The fourth-order valence-electron chi connectivity index (χ4n) is 6.36. The van der Waals surface area contributed by atoms with E-state index < -0.39 is 6.10 Å². The van der Waals surface area contributed by atoms with E-state index >= 15 is 0 Å². The van der Waals surface area contributed by atoms with Crippen molar-refractivity contribution in [3.63, 3.8) is 0 Å². The van der Waals surface area contributed by atoms with Crippen LogP contribution in [0.4, 0.5) is 0 Å². The van der Waals surface area contributed by atoms with Crippen LogP contribution in [0.1, 0.15) is 201 Å². The molecule has 0 saturated carbocycles. The Morgan fingerprint density at radius 2 is 0.714 bits per heavy atom. The maximum absolute atomic E-state index is 12.8. The molecule has 0 bridgehead atoms. The zero-order valence-corrected chi connectivity index (χ0v) is 40.3. The normalized spacial score (nSPS) is 13.1. The zero-order chi connectivity index (χ0) is 45.8. The summed E-state index contributed by atoms with van der Waals surface area (Å²) in [7, 11) is 0. The Hall–Kier alpha value is -4.19. The van der Waals surface area contributed by atoms with Gasteiger partial charge in [-0.15, -0.1) is 0 Å². The van der Waals surface area contributed by atoms with Crippen molar-refractivity contribution in [1.29, 1.82) is 0 Å². The van der Waals surface area contributed by atoms with E-state index in [1.54, 1.807) is 0 Å². The summed E-state index contributed by atoms with van der Waals surface area (Å²) in [5.41, 5.74) is 0. The van der Waals surface area contributed by atoms with Crippen LogP contribution in [0.2, 0.25) is 0 Å². The van der Waals surface area contributed by atoms with Gasteiger partial charge >= 0.3 is 17.9 Å². The van der Waals surface area contributed by atoms with Crippen molar-refractivity contribution >= 4 is 17.9 Å². The Kier molecular flexibility index (Phi) is 47.1. The first-order valence-electron chi connectivity index (χ1n) is 25.1. The van der Waals surface area contributed by atoms with Gasteiger partial charge in [0, 0.05) is 19.3 Å². The van der Waals surface area contributed by atoms with E-state index in [-0.39, 0.29) is 44.0 Å². The SMILES string of the molecule is CC\C=C/C=C\C=C/C=C\C=C/CCCC(=O)OCC(COC(=O)CCCCCCC/C=C\C=C/CCCCCCCCC)OC(=O)CCCCCC/C=C\C/C=C\C/C=C\CC. The van der Waals surface area contributed by atoms with Crippen molar-refractivity contribution < 1.29 is 28.6 Å². The summed E-state index contributed by atoms with van der Waals surface area (Å²) in [5, 5.41) is 0. The van der Waals surface area contributed by atoms with Crippen LogP contribution in [0.3, 0.4) is 0 Å². The highest BCUT2D eigenvalue weighted by Crippen LogP contribution is 2.12. The molecular weight excluding hydrogens is 781 g/mol. The van der Waals surface area contributed by atoms with Crippen LogP contribution in [0.25, 0.3) is 0 Å². The monoisotopic (exact) mass is 871 g/mol. The fourth-order valence-corrected chi connectivity index (χ4v) is 6.36. The smallest absolute Gasteiger partial charge is 0.306 e. The van der Waals surface area contributed by atoms with E-state index in [4.69, 9.17) is 14.2 Å². The summed E-state index contributed by atoms with van der Waals surface area (Å²) in [5.74, 6) is -1.04. The topological polar surface area (TPSA) is 78.9 Å². The van der Waals surface area contributed by atoms with Crippen molar-refractivity contribution in [2.45, 2.75) is 207 Å². The molecule has 0 aromatic rings. The van der Waals surface area contributed by atoms with E-state index in [2.05, 4.69) is 87.6 Å². The quantitative estimate of drug-likeness (QED) is 0.0200. The minimum absolute atomic E-state index is 0.122. The second-order valence-corrected chi connectivity index (χ2v) is 16.1. The molecule has 0 fully saturated rings. The average Bonchev–Trinajstić information content (AvgIpc) is 3.28. The molecule has 0 aromatic heterocycles. The van der Waals surface area contributed by atoms with Gasteiger partial charge in [-0.1, -0.05) is 213 Å². The van der Waals surface area contributed by atoms with Crippen LogP contribution in [0.15, 0.2) is 122 Å². The molecule has 0 aliphatic heterocycles. The number of hydrogen-bond donors (Lipinski definition) is 0. The van der Waals surface area contributed by atoms with Gasteiger partial charge in [0.25, 0.3) is 0 Å². The van der Waals surface area contributed by atoms with Gasteiger partial charge in [-0.3, -0.25) is 14.4 Å². The lowest BCUT2D eigenvalue weighted by Gasteiger charge is -2.18. The Morgan fingerprint density at radius 3 is 1.24 bits per heavy atom.